The van der Waals surface area contributed by atoms with Gasteiger partial charge in [0.05, 0.1) is 5.56 Å². The number of nitrogens with one attached hydrogen (secondary N) is 1. The zero-order valence-electron chi connectivity index (χ0n) is 8.07. The minimum Gasteiger partial charge on any atom is -0.395 e. The van der Waals surface area contributed by atoms with Crippen LogP contribution in [0.1, 0.15) is 0 Å². The monoisotopic (exact) mass is 274 g/mol. The number of aromatic amines is 1. The van der Waals surface area contributed by atoms with Crippen molar-refractivity contribution < 1.29 is 18.3 Å². The van der Waals surface area contributed by atoms with Crippen molar-refractivity contribution in [3.8, 4) is 22.1 Å². The van der Waals surface area contributed by atoms with E-state index in [0.29, 0.717) is 14.5 Å². The summed E-state index contributed by atoms with van der Waals surface area (Å²) in [5.74, 6) is -0.0242. The summed E-state index contributed by atoms with van der Waals surface area (Å²) >= 11 is 6.06. The number of hydrogen-bond donors (Lipinski definition) is 1. The van der Waals surface area contributed by atoms with E-state index in [-0.39, 0.29) is 11.5 Å². The van der Waals surface area contributed by atoms with Gasteiger partial charge in [0.25, 0.3) is 0 Å². The van der Waals surface area contributed by atoms with Gasteiger partial charge in [-0.05, 0) is 24.4 Å². The van der Waals surface area contributed by atoms with Crippen LogP contribution in [0.2, 0.25) is 0 Å². The van der Waals surface area contributed by atoms with Gasteiger partial charge in [-0.15, -0.1) is 8.78 Å². The third-order valence-electron chi connectivity index (χ3n) is 2.10. The Balaban J connectivity index is 2.15. The SMILES string of the molecule is FC1(F)Oc2cccc(-c3n[nH]c(=S)s3)c2O1. The van der Waals surface area contributed by atoms with E-state index < -0.39 is 6.29 Å². The molecule has 1 aromatic carbocycles. The van der Waals surface area contributed by atoms with E-state index in [1.807, 2.05) is 0 Å². The molecule has 3 rings (SSSR count). The lowest BCUT2D eigenvalue weighted by molar-refractivity contribution is -0.286. The fourth-order valence-corrected chi connectivity index (χ4v) is 2.39. The van der Waals surface area contributed by atoms with Gasteiger partial charge in [0.1, 0.15) is 5.01 Å². The molecule has 2 aromatic rings. The number of fused-ring (bicyclic) bond motifs is 1. The number of nitrogens with zero attached hydrogens (tertiary/aromatic N) is 1. The molecule has 0 fully saturated rings. The van der Waals surface area contributed by atoms with Crippen LogP contribution in [-0.2, 0) is 0 Å². The van der Waals surface area contributed by atoms with Crippen molar-refractivity contribution >= 4 is 23.6 Å². The maximum absolute atomic E-state index is 12.9. The van der Waals surface area contributed by atoms with Crippen LogP contribution in [0.3, 0.4) is 0 Å². The minimum absolute atomic E-state index is 0.00591. The van der Waals surface area contributed by atoms with Crippen LogP contribution in [0.5, 0.6) is 11.5 Å². The summed E-state index contributed by atoms with van der Waals surface area (Å²) < 4.78 is 35.2. The van der Waals surface area contributed by atoms with Gasteiger partial charge >= 0.3 is 6.29 Å². The average Bonchev–Trinajstić information content (AvgIpc) is 2.78. The van der Waals surface area contributed by atoms with Gasteiger partial charge in [0.15, 0.2) is 15.5 Å². The number of ether oxygens (including phenoxy) is 2. The van der Waals surface area contributed by atoms with Crippen molar-refractivity contribution in [2.24, 2.45) is 0 Å². The fraction of sp³-hybridized carbons (Fsp3) is 0.111. The second-order valence-electron chi connectivity index (χ2n) is 3.22. The standard InChI is InChI=1S/C9H4F2N2O2S2/c10-9(11)14-5-3-1-2-4(6(5)15-9)7-12-13-8(16)17-7/h1-3H,(H,13,16). The molecule has 0 saturated carbocycles. The Kier molecular flexibility index (Phi) is 2.17. The third kappa shape index (κ3) is 1.79. The molecule has 17 heavy (non-hydrogen) atoms. The van der Waals surface area contributed by atoms with Gasteiger partial charge in [0, 0.05) is 0 Å². The molecule has 0 spiro atoms. The van der Waals surface area contributed by atoms with Crippen LogP contribution >= 0.6 is 23.6 Å². The number of aromatic nitrogens is 2. The van der Waals surface area contributed by atoms with E-state index in [2.05, 4.69) is 19.7 Å². The van der Waals surface area contributed by atoms with Gasteiger partial charge in [-0.1, -0.05) is 17.4 Å². The average molecular weight is 274 g/mol. The Labute approximate surface area is 103 Å². The van der Waals surface area contributed by atoms with Crippen molar-refractivity contribution in [2.75, 3.05) is 0 Å². The van der Waals surface area contributed by atoms with Gasteiger partial charge < -0.3 is 9.47 Å². The molecular formula is C9H4F2N2O2S2. The summed E-state index contributed by atoms with van der Waals surface area (Å²) in [6.07, 6.45) is -3.63. The molecule has 0 saturated heterocycles. The number of hydrogen-bond acceptors (Lipinski definition) is 5. The normalized spacial score (nSPS) is 16.1. The Morgan fingerprint density at radius 1 is 1.35 bits per heavy atom. The van der Waals surface area contributed by atoms with Crippen LogP contribution in [0, 0.1) is 3.95 Å². The Hall–Kier alpha value is -1.54. The van der Waals surface area contributed by atoms with Crippen molar-refractivity contribution in [2.45, 2.75) is 6.29 Å². The van der Waals surface area contributed by atoms with E-state index in [0.717, 1.165) is 0 Å². The quantitative estimate of drug-likeness (QED) is 0.811. The van der Waals surface area contributed by atoms with Crippen LogP contribution < -0.4 is 9.47 Å². The smallest absolute Gasteiger partial charge is 0.395 e. The molecule has 1 aliphatic heterocycles. The van der Waals surface area contributed by atoms with Crippen LogP contribution in [-0.4, -0.2) is 16.5 Å². The maximum atomic E-state index is 12.9. The summed E-state index contributed by atoms with van der Waals surface area (Å²) in [6, 6.07) is 4.61. The molecule has 0 atom stereocenters. The van der Waals surface area contributed by atoms with E-state index in [4.69, 9.17) is 12.2 Å². The second kappa shape index (κ2) is 3.47. The lowest BCUT2D eigenvalue weighted by Gasteiger charge is -2.05. The lowest BCUT2D eigenvalue weighted by Crippen LogP contribution is -2.26. The highest BCUT2D eigenvalue weighted by Gasteiger charge is 2.44. The molecule has 0 radical (unpaired) electrons. The third-order valence-corrected chi connectivity index (χ3v) is 3.22. The first-order valence-electron chi connectivity index (χ1n) is 4.50. The molecular weight excluding hydrogens is 270 g/mol. The highest BCUT2D eigenvalue weighted by atomic mass is 32.1. The molecule has 8 heteroatoms. The Bertz CT molecular complexity index is 638. The predicted molar refractivity (Wildman–Crippen MR) is 58.9 cm³/mol. The fourth-order valence-electron chi connectivity index (χ4n) is 1.48. The first kappa shape index (κ1) is 10.6. The van der Waals surface area contributed by atoms with Gasteiger partial charge in [-0.3, -0.25) is 5.10 Å². The summed E-state index contributed by atoms with van der Waals surface area (Å²) in [6.45, 7) is 0. The van der Waals surface area contributed by atoms with Crippen molar-refractivity contribution in [1.82, 2.24) is 10.2 Å². The highest BCUT2D eigenvalue weighted by molar-refractivity contribution is 7.73. The van der Waals surface area contributed by atoms with Gasteiger partial charge in [-0.2, -0.15) is 5.10 Å². The molecule has 0 unspecified atom stereocenters. The molecule has 2 heterocycles. The number of para-hydroxylation sites is 1. The van der Waals surface area contributed by atoms with E-state index in [1.54, 1.807) is 12.1 Å². The number of benzene rings is 1. The number of alkyl halides is 2. The first-order valence-corrected chi connectivity index (χ1v) is 5.72. The molecule has 88 valence electrons. The summed E-state index contributed by atoms with van der Waals surface area (Å²) in [4.78, 5) is 0. The molecule has 4 nitrogen and oxygen atoms in total. The summed E-state index contributed by atoms with van der Waals surface area (Å²) in [5.41, 5.74) is 0.428. The largest absolute Gasteiger partial charge is 0.586 e. The molecule has 0 amide bonds. The van der Waals surface area contributed by atoms with Crippen molar-refractivity contribution in [1.29, 1.82) is 0 Å². The topological polar surface area (TPSA) is 47.1 Å². The van der Waals surface area contributed by atoms with Crippen molar-refractivity contribution in [3.05, 3.63) is 22.2 Å². The number of H-pyrrole nitrogens is 1. The molecule has 1 aromatic heterocycles. The second-order valence-corrected chi connectivity index (χ2v) is 4.88. The van der Waals surface area contributed by atoms with Gasteiger partial charge in [0.2, 0.25) is 0 Å². The van der Waals surface area contributed by atoms with E-state index in [9.17, 15) is 8.78 Å². The number of halogens is 2. The molecule has 1 N–H and O–H groups in total. The molecule has 0 aliphatic carbocycles. The van der Waals surface area contributed by atoms with Crippen LogP contribution in [0.15, 0.2) is 18.2 Å². The first-order chi connectivity index (χ1) is 8.05. The summed E-state index contributed by atoms with van der Waals surface area (Å²) in [7, 11) is 0. The van der Waals surface area contributed by atoms with Crippen molar-refractivity contribution in [3.63, 3.8) is 0 Å². The summed E-state index contributed by atoms with van der Waals surface area (Å²) in [5, 5.41) is 6.98. The minimum atomic E-state index is -3.63. The Morgan fingerprint density at radius 3 is 2.88 bits per heavy atom. The maximum Gasteiger partial charge on any atom is 0.586 e. The van der Waals surface area contributed by atoms with Crippen LogP contribution in [0.4, 0.5) is 8.78 Å². The molecule has 0 bridgehead atoms. The lowest BCUT2D eigenvalue weighted by atomic mass is 10.2. The zero-order chi connectivity index (χ0) is 12.0. The van der Waals surface area contributed by atoms with E-state index >= 15 is 0 Å². The van der Waals surface area contributed by atoms with Gasteiger partial charge in [-0.25, -0.2) is 0 Å². The zero-order valence-corrected chi connectivity index (χ0v) is 9.70. The van der Waals surface area contributed by atoms with E-state index in [1.165, 1.54) is 17.4 Å². The molecule has 1 aliphatic rings. The van der Waals surface area contributed by atoms with Crippen LogP contribution in [0.25, 0.3) is 10.6 Å². The highest BCUT2D eigenvalue weighted by Crippen LogP contribution is 2.47. The predicted octanol–water partition coefficient (Wildman–Crippen LogP) is 3.19. The Morgan fingerprint density at radius 2 is 2.18 bits per heavy atom. The number of rotatable bonds is 1.